The molecule has 0 radical (unpaired) electrons. The lowest BCUT2D eigenvalue weighted by Gasteiger charge is -2.36. The number of pyridine rings is 1. The molecule has 2 aliphatic rings. The standard InChI is InChI=1S/C28H33FN8O2/c1-4-7-34-8-10-35(11-9-34)25-17-36-24(15-30-27(36)14-26(25)39-3)22-16-37(33-32-22)23-13-20(21(29)12-18(23)2)28(38)31-19-5-6-19/h12-17,19H,4-11H2,1-3H3,(H,31,38). The maximum atomic E-state index is 14.6. The second-order valence-corrected chi connectivity index (χ2v) is 10.3. The van der Waals surface area contributed by atoms with E-state index in [9.17, 15) is 9.18 Å². The molecule has 1 aliphatic carbocycles. The summed E-state index contributed by atoms with van der Waals surface area (Å²) in [6.45, 7) is 8.98. The van der Waals surface area contributed by atoms with E-state index in [0.29, 0.717) is 16.9 Å². The molecule has 1 aromatic carbocycles. The summed E-state index contributed by atoms with van der Waals surface area (Å²) in [5.41, 5.74) is 4.38. The molecule has 0 unspecified atom stereocenters. The summed E-state index contributed by atoms with van der Waals surface area (Å²) in [4.78, 5) is 22.0. The number of aromatic nitrogens is 5. The van der Waals surface area contributed by atoms with Crippen molar-refractivity contribution >= 4 is 17.2 Å². The SMILES string of the molecule is CCCN1CCN(c2cn3c(-c4cn(-c5cc(C(=O)NC6CC6)c(F)cc5C)nn4)cnc3cc2OC)CC1. The number of anilines is 1. The van der Waals surface area contributed by atoms with E-state index in [1.165, 1.54) is 12.1 Å². The van der Waals surface area contributed by atoms with Gasteiger partial charge in [-0.3, -0.25) is 14.1 Å². The molecule has 204 valence electrons. The number of methoxy groups -OCH3 is 1. The Morgan fingerprint density at radius 1 is 1.13 bits per heavy atom. The van der Waals surface area contributed by atoms with Gasteiger partial charge in [0, 0.05) is 44.5 Å². The minimum absolute atomic E-state index is 0.00474. The summed E-state index contributed by atoms with van der Waals surface area (Å²) in [6, 6.07) is 4.98. The van der Waals surface area contributed by atoms with E-state index in [0.717, 1.165) is 74.8 Å². The molecule has 0 spiro atoms. The van der Waals surface area contributed by atoms with Gasteiger partial charge in [-0.15, -0.1) is 5.10 Å². The van der Waals surface area contributed by atoms with Crippen LogP contribution in [-0.4, -0.2) is 81.1 Å². The molecule has 6 rings (SSSR count). The summed E-state index contributed by atoms with van der Waals surface area (Å²) in [6.07, 6.45) is 8.61. The van der Waals surface area contributed by atoms with Gasteiger partial charge in [0.25, 0.3) is 5.91 Å². The van der Waals surface area contributed by atoms with Gasteiger partial charge in [0.2, 0.25) is 0 Å². The number of carbonyl (C=O) groups is 1. The number of nitrogens with one attached hydrogen (secondary N) is 1. The second-order valence-electron chi connectivity index (χ2n) is 10.3. The van der Waals surface area contributed by atoms with Gasteiger partial charge in [-0.05, 0) is 50.4 Å². The van der Waals surface area contributed by atoms with E-state index in [2.05, 4.69) is 43.5 Å². The molecule has 4 aromatic rings. The molecule has 2 fully saturated rings. The number of amides is 1. The van der Waals surface area contributed by atoms with E-state index in [-0.39, 0.29) is 11.6 Å². The van der Waals surface area contributed by atoms with E-state index in [1.54, 1.807) is 31.1 Å². The fraction of sp³-hybridized carbons (Fsp3) is 0.429. The van der Waals surface area contributed by atoms with Gasteiger partial charge < -0.3 is 15.0 Å². The highest BCUT2D eigenvalue weighted by molar-refractivity contribution is 5.95. The number of nitrogens with zero attached hydrogens (tertiary/aromatic N) is 7. The van der Waals surface area contributed by atoms with Crippen molar-refractivity contribution in [3.8, 4) is 22.8 Å². The quantitative estimate of drug-likeness (QED) is 0.372. The van der Waals surface area contributed by atoms with Crippen LogP contribution in [0.5, 0.6) is 5.75 Å². The van der Waals surface area contributed by atoms with Crippen LogP contribution in [0.2, 0.25) is 0 Å². The van der Waals surface area contributed by atoms with E-state index >= 15 is 0 Å². The Balaban J connectivity index is 1.32. The summed E-state index contributed by atoms with van der Waals surface area (Å²) < 4.78 is 24.0. The van der Waals surface area contributed by atoms with Crippen LogP contribution in [0.3, 0.4) is 0 Å². The minimum Gasteiger partial charge on any atom is -0.494 e. The maximum absolute atomic E-state index is 14.6. The zero-order valence-electron chi connectivity index (χ0n) is 22.5. The number of aryl methyl sites for hydroxylation is 1. The van der Waals surface area contributed by atoms with Gasteiger partial charge in [-0.1, -0.05) is 12.1 Å². The number of piperazine rings is 1. The van der Waals surface area contributed by atoms with Crippen molar-refractivity contribution in [2.24, 2.45) is 0 Å². The number of rotatable bonds is 8. The molecule has 1 aliphatic heterocycles. The van der Waals surface area contributed by atoms with Crippen molar-refractivity contribution in [1.82, 2.24) is 34.6 Å². The largest absolute Gasteiger partial charge is 0.494 e. The van der Waals surface area contributed by atoms with Crippen LogP contribution in [0.15, 0.2) is 36.8 Å². The number of carbonyl (C=O) groups excluding carboxylic acids is 1. The molecule has 10 nitrogen and oxygen atoms in total. The molecule has 1 saturated carbocycles. The first-order valence-electron chi connectivity index (χ1n) is 13.5. The second kappa shape index (κ2) is 10.3. The van der Waals surface area contributed by atoms with Crippen LogP contribution in [0.25, 0.3) is 22.7 Å². The van der Waals surface area contributed by atoms with Crippen LogP contribution >= 0.6 is 0 Å². The van der Waals surface area contributed by atoms with Gasteiger partial charge in [-0.25, -0.2) is 14.1 Å². The summed E-state index contributed by atoms with van der Waals surface area (Å²) in [5.74, 6) is -0.171. The number of hydrogen-bond donors (Lipinski definition) is 1. The molecular weight excluding hydrogens is 499 g/mol. The molecule has 39 heavy (non-hydrogen) atoms. The highest BCUT2D eigenvalue weighted by Gasteiger charge is 2.26. The van der Waals surface area contributed by atoms with Gasteiger partial charge in [-0.2, -0.15) is 0 Å². The van der Waals surface area contributed by atoms with Crippen molar-refractivity contribution in [1.29, 1.82) is 0 Å². The first-order chi connectivity index (χ1) is 18.9. The molecule has 1 saturated heterocycles. The van der Waals surface area contributed by atoms with E-state index in [4.69, 9.17) is 4.74 Å². The smallest absolute Gasteiger partial charge is 0.254 e. The van der Waals surface area contributed by atoms with Gasteiger partial charge in [0.15, 0.2) is 0 Å². The van der Waals surface area contributed by atoms with Crippen LogP contribution in [0, 0.1) is 12.7 Å². The Bertz CT molecular complexity index is 1520. The molecule has 11 heteroatoms. The maximum Gasteiger partial charge on any atom is 0.254 e. The van der Waals surface area contributed by atoms with Gasteiger partial charge in [0.1, 0.15) is 22.9 Å². The zero-order valence-corrected chi connectivity index (χ0v) is 22.5. The normalized spacial score (nSPS) is 16.2. The predicted octanol–water partition coefficient (Wildman–Crippen LogP) is 3.46. The van der Waals surface area contributed by atoms with Crippen molar-refractivity contribution in [2.45, 2.75) is 39.2 Å². The highest BCUT2D eigenvalue weighted by atomic mass is 19.1. The summed E-state index contributed by atoms with van der Waals surface area (Å²) in [7, 11) is 1.68. The number of fused-ring (bicyclic) bond motifs is 1. The first kappa shape index (κ1) is 25.3. The Morgan fingerprint density at radius 3 is 2.64 bits per heavy atom. The van der Waals surface area contributed by atoms with Gasteiger partial charge >= 0.3 is 0 Å². The summed E-state index contributed by atoms with van der Waals surface area (Å²) in [5, 5.41) is 11.6. The molecule has 0 bridgehead atoms. The highest BCUT2D eigenvalue weighted by Crippen LogP contribution is 2.33. The Hall–Kier alpha value is -3.99. The molecular formula is C28H33FN8O2. The number of imidazole rings is 1. The third-order valence-corrected chi connectivity index (χ3v) is 7.51. The van der Waals surface area contributed by atoms with Crippen molar-refractivity contribution in [2.75, 3.05) is 44.7 Å². The van der Waals surface area contributed by atoms with Crippen molar-refractivity contribution < 1.29 is 13.9 Å². The van der Waals surface area contributed by atoms with E-state index < -0.39 is 11.7 Å². The third kappa shape index (κ3) is 4.94. The third-order valence-electron chi connectivity index (χ3n) is 7.51. The van der Waals surface area contributed by atoms with Crippen LogP contribution in [-0.2, 0) is 0 Å². The lowest BCUT2D eigenvalue weighted by molar-refractivity contribution is 0.0947. The molecule has 1 amide bonds. The number of halogens is 1. The van der Waals surface area contributed by atoms with Gasteiger partial charge in [0.05, 0.1) is 42.1 Å². The Morgan fingerprint density at radius 2 is 1.92 bits per heavy atom. The van der Waals surface area contributed by atoms with Crippen LogP contribution in [0.1, 0.15) is 42.1 Å². The zero-order chi connectivity index (χ0) is 27.1. The van der Waals surface area contributed by atoms with Crippen molar-refractivity contribution in [3.63, 3.8) is 0 Å². The monoisotopic (exact) mass is 532 g/mol. The first-order valence-corrected chi connectivity index (χ1v) is 13.5. The van der Waals surface area contributed by atoms with Crippen molar-refractivity contribution in [3.05, 3.63) is 53.7 Å². The average molecular weight is 533 g/mol. The number of hydrogen-bond acceptors (Lipinski definition) is 7. The molecule has 1 N–H and O–H groups in total. The minimum atomic E-state index is -0.548. The van der Waals surface area contributed by atoms with Crippen LogP contribution < -0.4 is 15.0 Å². The molecule has 0 atom stereocenters. The fourth-order valence-corrected chi connectivity index (χ4v) is 5.19. The summed E-state index contributed by atoms with van der Waals surface area (Å²) >= 11 is 0. The number of ether oxygens (including phenoxy) is 1. The Kier molecular flexibility index (Phi) is 6.68. The average Bonchev–Trinajstić information content (AvgIpc) is 3.45. The molecule has 4 heterocycles. The fourth-order valence-electron chi connectivity index (χ4n) is 5.19. The Labute approximate surface area is 226 Å². The van der Waals surface area contributed by atoms with Crippen LogP contribution in [0.4, 0.5) is 10.1 Å². The molecule has 3 aromatic heterocycles. The topological polar surface area (TPSA) is 92.8 Å². The lowest BCUT2D eigenvalue weighted by atomic mass is 10.1. The van der Waals surface area contributed by atoms with E-state index in [1.807, 2.05) is 10.5 Å². The predicted molar refractivity (Wildman–Crippen MR) is 146 cm³/mol. The lowest BCUT2D eigenvalue weighted by Crippen LogP contribution is -2.46. The number of benzene rings is 1.